The molecule has 2 rings (SSSR count). The summed E-state index contributed by atoms with van der Waals surface area (Å²) in [4.78, 5) is 1.29. The van der Waals surface area contributed by atoms with Gasteiger partial charge < -0.3 is 5.73 Å². The zero-order chi connectivity index (χ0) is 9.42. The van der Waals surface area contributed by atoms with Crippen molar-refractivity contribution in [2.45, 2.75) is 29.5 Å². The minimum absolute atomic E-state index is 0.157. The lowest BCUT2D eigenvalue weighted by Gasteiger charge is -2.26. The Balaban J connectivity index is 2.43. The third kappa shape index (κ3) is 1.85. The van der Waals surface area contributed by atoms with Gasteiger partial charge in [-0.25, -0.2) is 0 Å². The molecule has 13 heavy (non-hydrogen) atoms. The quantitative estimate of drug-likeness (QED) is 0.716. The van der Waals surface area contributed by atoms with Crippen LogP contribution in [0.4, 0.5) is 0 Å². The number of hydrogen-bond donors (Lipinski definition) is 1. The standard InChI is InChI=1S/C10H12ClNS/c1-6-4-9(12)8-5-7(11)2-3-10(8)13-6/h2-3,5-6,9H,4,12H2,1H3. The second-order valence-electron chi connectivity index (χ2n) is 3.45. The van der Waals surface area contributed by atoms with Crippen molar-refractivity contribution < 1.29 is 0 Å². The largest absolute Gasteiger partial charge is 0.324 e. The molecule has 1 aromatic rings. The fraction of sp³-hybridized carbons (Fsp3) is 0.400. The lowest BCUT2D eigenvalue weighted by molar-refractivity contribution is 0.625. The van der Waals surface area contributed by atoms with E-state index in [1.165, 1.54) is 10.5 Å². The summed E-state index contributed by atoms with van der Waals surface area (Å²) in [6.07, 6.45) is 1.04. The van der Waals surface area contributed by atoms with Gasteiger partial charge in [0.2, 0.25) is 0 Å². The van der Waals surface area contributed by atoms with Crippen molar-refractivity contribution in [1.82, 2.24) is 0 Å². The van der Waals surface area contributed by atoms with Crippen LogP contribution in [0, 0.1) is 0 Å². The summed E-state index contributed by atoms with van der Waals surface area (Å²) < 4.78 is 0. The van der Waals surface area contributed by atoms with Crippen LogP contribution in [-0.4, -0.2) is 5.25 Å². The van der Waals surface area contributed by atoms with Crippen LogP contribution in [0.15, 0.2) is 23.1 Å². The molecule has 0 aliphatic carbocycles. The lowest BCUT2D eigenvalue weighted by Crippen LogP contribution is -2.20. The molecule has 1 aliphatic rings. The molecule has 2 N–H and O–H groups in total. The molecule has 0 spiro atoms. The first kappa shape index (κ1) is 9.38. The van der Waals surface area contributed by atoms with Crippen molar-refractivity contribution in [2.75, 3.05) is 0 Å². The Morgan fingerprint density at radius 2 is 2.31 bits per heavy atom. The molecule has 0 bridgehead atoms. The van der Waals surface area contributed by atoms with Crippen LogP contribution < -0.4 is 5.73 Å². The molecule has 0 saturated heterocycles. The highest BCUT2D eigenvalue weighted by molar-refractivity contribution is 8.00. The molecule has 1 nitrogen and oxygen atoms in total. The zero-order valence-corrected chi connectivity index (χ0v) is 9.03. The van der Waals surface area contributed by atoms with Gasteiger partial charge in [0.05, 0.1) is 0 Å². The van der Waals surface area contributed by atoms with Gasteiger partial charge in [-0.05, 0) is 30.2 Å². The van der Waals surface area contributed by atoms with Gasteiger partial charge in [0.25, 0.3) is 0 Å². The highest BCUT2D eigenvalue weighted by Crippen LogP contribution is 2.40. The SMILES string of the molecule is CC1CC(N)c2cc(Cl)ccc2S1. The molecule has 0 aromatic heterocycles. The molecule has 0 fully saturated rings. The summed E-state index contributed by atoms with van der Waals surface area (Å²) in [5.41, 5.74) is 7.24. The molecule has 1 aliphatic heterocycles. The summed E-state index contributed by atoms with van der Waals surface area (Å²) >= 11 is 7.80. The van der Waals surface area contributed by atoms with E-state index in [4.69, 9.17) is 17.3 Å². The summed E-state index contributed by atoms with van der Waals surface area (Å²) in [5, 5.41) is 1.40. The summed E-state index contributed by atoms with van der Waals surface area (Å²) in [7, 11) is 0. The van der Waals surface area contributed by atoms with E-state index in [1.54, 1.807) is 0 Å². The maximum Gasteiger partial charge on any atom is 0.0410 e. The Labute approximate surface area is 87.7 Å². The number of thioether (sulfide) groups is 1. The van der Waals surface area contributed by atoms with Crippen LogP contribution >= 0.6 is 23.4 Å². The van der Waals surface area contributed by atoms with E-state index >= 15 is 0 Å². The smallest absolute Gasteiger partial charge is 0.0410 e. The highest BCUT2D eigenvalue weighted by atomic mass is 35.5. The molecule has 0 radical (unpaired) electrons. The van der Waals surface area contributed by atoms with Crippen molar-refractivity contribution >= 4 is 23.4 Å². The third-order valence-corrected chi connectivity index (χ3v) is 3.74. The Bertz CT molecular complexity index is 327. The highest BCUT2D eigenvalue weighted by Gasteiger charge is 2.22. The van der Waals surface area contributed by atoms with E-state index in [0.717, 1.165) is 11.4 Å². The van der Waals surface area contributed by atoms with Crippen LogP contribution in [0.3, 0.4) is 0 Å². The molecule has 0 saturated carbocycles. The number of rotatable bonds is 0. The Morgan fingerprint density at radius 3 is 3.08 bits per heavy atom. The molecule has 2 unspecified atom stereocenters. The van der Waals surface area contributed by atoms with Crippen LogP contribution in [0.1, 0.15) is 24.9 Å². The minimum Gasteiger partial charge on any atom is -0.324 e. The molecule has 0 amide bonds. The molecule has 70 valence electrons. The number of halogens is 1. The van der Waals surface area contributed by atoms with Gasteiger partial charge in [0.15, 0.2) is 0 Å². The van der Waals surface area contributed by atoms with Gasteiger partial charge in [0.1, 0.15) is 0 Å². The number of hydrogen-bond acceptors (Lipinski definition) is 2. The second kappa shape index (κ2) is 3.52. The molecule has 3 heteroatoms. The van der Waals surface area contributed by atoms with Gasteiger partial charge in [0, 0.05) is 21.2 Å². The van der Waals surface area contributed by atoms with Gasteiger partial charge in [-0.3, -0.25) is 0 Å². The maximum atomic E-state index is 6.03. The number of nitrogens with two attached hydrogens (primary N) is 1. The van der Waals surface area contributed by atoms with Gasteiger partial charge >= 0.3 is 0 Å². The predicted molar refractivity (Wildman–Crippen MR) is 58.3 cm³/mol. The first-order valence-corrected chi connectivity index (χ1v) is 5.64. The monoisotopic (exact) mass is 213 g/mol. The zero-order valence-electron chi connectivity index (χ0n) is 7.46. The Morgan fingerprint density at radius 1 is 1.54 bits per heavy atom. The third-order valence-electron chi connectivity index (χ3n) is 2.29. The van der Waals surface area contributed by atoms with Crippen molar-refractivity contribution in [3.63, 3.8) is 0 Å². The topological polar surface area (TPSA) is 26.0 Å². The molecule has 2 atom stereocenters. The van der Waals surface area contributed by atoms with Gasteiger partial charge in [-0.1, -0.05) is 18.5 Å². The Hall–Kier alpha value is -0.180. The van der Waals surface area contributed by atoms with Crippen molar-refractivity contribution in [2.24, 2.45) is 5.73 Å². The van der Waals surface area contributed by atoms with E-state index in [1.807, 2.05) is 23.9 Å². The summed E-state index contributed by atoms with van der Waals surface area (Å²) in [6.45, 7) is 2.21. The molecular weight excluding hydrogens is 202 g/mol. The van der Waals surface area contributed by atoms with E-state index in [2.05, 4.69) is 13.0 Å². The van der Waals surface area contributed by atoms with Crippen LogP contribution in [0.5, 0.6) is 0 Å². The van der Waals surface area contributed by atoms with Crippen LogP contribution in [-0.2, 0) is 0 Å². The fourth-order valence-electron chi connectivity index (χ4n) is 1.67. The fourth-order valence-corrected chi connectivity index (χ4v) is 3.08. The second-order valence-corrected chi connectivity index (χ2v) is 5.37. The number of benzene rings is 1. The van der Waals surface area contributed by atoms with E-state index < -0.39 is 0 Å². The molecule has 1 aromatic carbocycles. The summed E-state index contributed by atoms with van der Waals surface area (Å²) in [6, 6.07) is 6.14. The van der Waals surface area contributed by atoms with Crippen LogP contribution in [0.25, 0.3) is 0 Å². The van der Waals surface area contributed by atoms with E-state index in [0.29, 0.717) is 5.25 Å². The van der Waals surface area contributed by atoms with Gasteiger partial charge in [-0.2, -0.15) is 0 Å². The first-order valence-electron chi connectivity index (χ1n) is 4.38. The average Bonchev–Trinajstić information content (AvgIpc) is 2.06. The van der Waals surface area contributed by atoms with Crippen LogP contribution in [0.2, 0.25) is 5.02 Å². The van der Waals surface area contributed by atoms with E-state index in [-0.39, 0.29) is 6.04 Å². The normalized spacial score (nSPS) is 27.0. The predicted octanol–water partition coefficient (Wildman–Crippen LogP) is 3.22. The maximum absolute atomic E-state index is 6.03. The number of fused-ring (bicyclic) bond motifs is 1. The average molecular weight is 214 g/mol. The lowest BCUT2D eigenvalue weighted by atomic mass is 10.0. The molecular formula is C10H12ClNS. The van der Waals surface area contributed by atoms with Crippen molar-refractivity contribution in [3.05, 3.63) is 28.8 Å². The van der Waals surface area contributed by atoms with Crippen molar-refractivity contribution in [3.8, 4) is 0 Å². The van der Waals surface area contributed by atoms with E-state index in [9.17, 15) is 0 Å². The minimum atomic E-state index is 0.157. The first-order chi connectivity index (χ1) is 6.16. The van der Waals surface area contributed by atoms with Gasteiger partial charge in [-0.15, -0.1) is 11.8 Å². The Kier molecular flexibility index (Phi) is 2.54. The molecule has 1 heterocycles. The summed E-state index contributed by atoms with van der Waals surface area (Å²) in [5.74, 6) is 0. The van der Waals surface area contributed by atoms with Crippen molar-refractivity contribution in [1.29, 1.82) is 0 Å².